The topological polar surface area (TPSA) is 66.9 Å². The summed E-state index contributed by atoms with van der Waals surface area (Å²) in [4.78, 5) is 12.0. The molecule has 0 radical (unpaired) electrons. The maximum atomic E-state index is 10.9. The second kappa shape index (κ2) is 5.55. The fourth-order valence-corrected chi connectivity index (χ4v) is 2.67. The van der Waals surface area contributed by atoms with Gasteiger partial charge in [0.25, 0.3) is 5.69 Å². The summed E-state index contributed by atoms with van der Waals surface area (Å²) in [5.74, 6) is 0. The second-order valence-electron chi connectivity index (χ2n) is 3.92. The molecule has 2 aromatic rings. The summed E-state index contributed by atoms with van der Waals surface area (Å²) in [5.41, 5.74) is 1.58. The third-order valence-electron chi connectivity index (χ3n) is 2.61. The van der Waals surface area contributed by atoms with Crippen molar-refractivity contribution in [3.8, 4) is 6.07 Å². The van der Waals surface area contributed by atoms with Crippen molar-refractivity contribution in [2.24, 2.45) is 0 Å². The predicted molar refractivity (Wildman–Crippen MR) is 73.1 cm³/mol. The summed E-state index contributed by atoms with van der Waals surface area (Å²) in [5, 5.41) is 19.8. The molecule has 0 saturated carbocycles. The Morgan fingerprint density at radius 3 is 2.63 bits per heavy atom. The van der Waals surface area contributed by atoms with Crippen LogP contribution < -0.4 is 0 Å². The first-order chi connectivity index (χ1) is 9.11. The smallest absolute Gasteiger partial charge is 0.258 e. The highest BCUT2D eigenvalue weighted by atomic mass is 32.2. The van der Waals surface area contributed by atoms with Gasteiger partial charge in [0.15, 0.2) is 0 Å². The molecule has 0 spiro atoms. The van der Waals surface area contributed by atoms with Gasteiger partial charge in [-0.05, 0) is 36.8 Å². The molecule has 5 heteroatoms. The summed E-state index contributed by atoms with van der Waals surface area (Å²) in [6.07, 6.45) is 0. The molecule has 0 N–H and O–H groups in total. The number of hydrogen-bond acceptors (Lipinski definition) is 4. The lowest BCUT2D eigenvalue weighted by atomic mass is 10.1. The number of aryl methyl sites for hydroxylation is 1. The van der Waals surface area contributed by atoms with E-state index in [2.05, 4.69) is 6.07 Å². The van der Waals surface area contributed by atoms with Crippen LogP contribution >= 0.6 is 11.8 Å². The normalized spacial score (nSPS) is 9.89. The van der Waals surface area contributed by atoms with Crippen LogP contribution in [0, 0.1) is 28.4 Å². The number of nitro groups is 1. The SMILES string of the molecule is Cc1cc(Sc2ccccc2[N+](=O)[O-])ccc1C#N. The van der Waals surface area contributed by atoms with Crippen molar-refractivity contribution < 1.29 is 4.92 Å². The fourth-order valence-electron chi connectivity index (χ4n) is 1.65. The Labute approximate surface area is 114 Å². The van der Waals surface area contributed by atoms with Crippen LogP contribution in [-0.4, -0.2) is 4.92 Å². The summed E-state index contributed by atoms with van der Waals surface area (Å²) in [6.45, 7) is 1.85. The lowest BCUT2D eigenvalue weighted by Crippen LogP contribution is -1.90. The summed E-state index contributed by atoms with van der Waals surface area (Å²) in [6, 6.07) is 14.1. The van der Waals surface area contributed by atoms with E-state index in [0.717, 1.165) is 10.5 Å². The van der Waals surface area contributed by atoms with Gasteiger partial charge in [-0.2, -0.15) is 5.26 Å². The highest BCUT2D eigenvalue weighted by Crippen LogP contribution is 2.35. The molecule has 2 rings (SSSR count). The molecule has 94 valence electrons. The van der Waals surface area contributed by atoms with E-state index in [-0.39, 0.29) is 5.69 Å². The van der Waals surface area contributed by atoms with Crippen LogP contribution in [0.4, 0.5) is 5.69 Å². The first-order valence-electron chi connectivity index (χ1n) is 5.54. The van der Waals surface area contributed by atoms with Gasteiger partial charge in [-0.25, -0.2) is 0 Å². The second-order valence-corrected chi connectivity index (χ2v) is 5.03. The molecule has 0 fully saturated rings. The highest BCUT2D eigenvalue weighted by molar-refractivity contribution is 7.99. The lowest BCUT2D eigenvalue weighted by Gasteiger charge is -2.04. The first-order valence-corrected chi connectivity index (χ1v) is 6.35. The molecule has 0 heterocycles. The van der Waals surface area contributed by atoms with Gasteiger partial charge in [0.05, 0.1) is 21.5 Å². The van der Waals surface area contributed by atoms with Gasteiger partial charge in [0.1, 0.15) is 0 Å². The van der Waals surface area contributed by atoms with E-state index >= 15 is 0 Å². The van der Waals surface area contributed by atoms with Crippen LogP contribution in [0.15, 0.2) is 52.3 Å². The molecule has 0 aromatic heterocycles. The Bertz CT molecular complexity index is 677. The first kappa shape index (κ1) is 13.1. The van der Waals surface area contributed by atoms with Crippen LogP contribution in [0.3, 0.4) is 0 Å². The largest absolute Gasteiger partial charge is 0.283 e. The number of para-hydroxylation sites is 1. The fraction of sp³-hybridized carbons (Fsp3) is 0.0714. The zero-order valence-electron chi connectivity index (χ0n) is 10.2. The molecule has 0 aliphatic carbocycles. The zero-order valence-corrected chi connectivity index (χ0v) is 11.0. The monoisotopic (exact) mass is 270 g/mol. The number of nitrogens with zero attached hydrogens (tertiary/aromatic N) is 2. The third-order valence-corrected chi connectivity index (χ3v) is 3.66. The average molecular weight is 270 g/mol. The van der Waals surface area contributed by atoms with Crippen LogP contribution in [-0.2, 0) is 0 Å². The zero-order chi connectivity index (χ0) is 13.8. The number of rotatable bonds is 3. The van der Waals surface area contributed by atoms with Crippen LogP contribution in [0.5, 0.6) is 0 Å². The Balaban J connectivity index is 2.34. The van der Waals surface area contributed by atoms with E-state index in [1.165, 1.54) is 17.8 Å². The molecule has 0 amide bonds. The van der Waals surface area contributed by atoms with E-state index in [1.807, 2.05) is 13.0 Å². The molecule has 0 unspecified atom stereocenters. The number of nitro benzene ring substituents is 1. The number of hydrogen-bond donors (Lipinski definition) is 0. The Hall–Kier alpha value is -2.32. The van der Waals surface area contributed by atoms with Crippen LogP contribution in [0.1, 0.15) is 11.1 Å². The van der Waals surface area contributed by atoms with Crippen molar-refractivity contribution >= 4 is 17.4 Å². The van der Waals surface area contributed by atoms with Gasteiger partial charge in [0.2, 0.25) is 0 Å². The molecule has 0 atom stereocenters. The minimum absolute atomic E-state index is 0.0921. The highest BCUT2D eigenvalue weighted by Gasteiger charge is 2.13. The van der Waals surface area contributed by atoms with Crippen molar-refractivity contribution in [3.05, 3.63) is 63.7 Å². The van der Waals surface area contributed by atoms with E-state index in [1.54, 1.807) is 30.3 Å². The van der Waals surface area contributed by atoms with Crippen molar-refractivity contribution in [2.45, 2.75) is 16.7 Å². The third kappa shape index (κ3) is 2.92. The summed E-state index contributed by atoms with van der Waals surface area (Å²) < 4.78 is 0. The maximum absolute atomic E-state index is 10.9. The Morgan fingerprint density at radius 1 is 1.26 bits per heavy atom. The summed E-state index contributed by atoms with van der Waals surface area (Å²) >= 11 is 1.32. The van der Waals surface area contributed by atoms with Crippen molar-refractivity contribution in [1.29, 1.82) is 5.26 Å². The predicted octanol–water partition coefficient (Wildman–Crippen LogP) is 3.93. The molecule has 4 nitrogen and oxygen atoms in total. The van der Waals surface area contributed by atoms with Crippen molar-refractivity contribution in [3.63, 3.8) is 0 Å². The van der Waals surface area contributed by atoms with Gasteiger partial charge < -0.3 is 0 Å². The van der Waals surface area contributed by atoms with E-state index in [4.69, 9.17) is 5.26 Å². The minimum atomic E-state index is -0.390. The van der Waals surface area contributed by atoms with Crippen molar-refractivity contribution in [2.75, 3.05) is 0 Å². The van der Waals surface area contributed by atoms with Gasteiger partial charge in [0, 0.05) is 11.0 Å². The van der Waals surface area contributed by atoms with Gasteiger partial charge >= 0.3 is 0 Å². The van der Waals surface area contributed by atoms with Gasteiger partial charge in [-0.15, -0.1) is 0 Å². The molecular formula is C14H10N2O2S. The maximum Gasteiger partial charge on any atom is 0.283 e. The van der Waals surface area contributed by atoms with Crippen LogP contribution in [0.25, 0.3) is 0 Å². The standard InChI is InChI=1S/C14H10N2O2S/c1-10-8-12(7-6-11(10)9-15)19-14-5-3-2-4-13(14)16(17)18/h2-8H,1H3. The molecule has 0 aliphatic heterocycles. The molecule has 0 aliphatic rings. The molecular weight excluding hydrogens is 260 g/mol. The number of nitriles is 1. The van der Waals surface area contributed by atoms with E-state index < -0.39 is 4.92 Å². The van der Waals surface area contributed by atoms with E-state index in [9.17, 15) is 10.1 Å². The van der Waals surface area contributed by atoms with E-state index in [0.29, 0.717) is 10.5 Å². The van der Waals surface area contributed by atoms with Gasteiger partial charge in [-0.3, -0.25) is 10.1 Å². The van der Waals surface area contributed by atoms with Crippen LogP contribution in [0.2, 0.25) is 0 Å². The molecule has 2 aromatic carbocycles. The molecule has 0 saturated heterocycles. The lowest BCUT2D eigenvalue weighted by molar-refractivity contribution is -0.387. The number of benzene rings is 2. The minimum Gasteiger partial charge on any atom is -0.258 e. The van der Waals surface area contributed by atoms with Gasteiger partial charge in [-0.1, -0.05) is 23.9 Å². The average Bonchev–Trinajstić information content (AvgIpc) is 2.39. The Morgan fingerprint density at radius 2 is 2.00 bits per heavy atom. The molecule has 0 bridgehead atoms. The molecule has 19 heavy (non-hydrogen) atoms. The van der Waals surface area contributed by atoms with Crippen molar-refractivity contribution in [1.82, 2.24) is 0 Å². The Kier molecular flexibility index (Phi) is 3.83. The summed E-state index contributed by atoms with van der Waals surface area (Å²) in [7, 11) is 0. The quantitative estimate of drug-likeness (QED) is 0.626.